The fraction of sp³-hybridized carbons (Fsp3) is 0.714. The smallest absolute Gasteiger partial charge is 0.407 e. The summed E-state index contributed by atoms with van der Waals surface area (Å²) in [6.45, 7) is -1.83. The summed E-state index contributed by atoms with van der Waals surface area (Å²) in [6, 6.07) is 0. The van der Waals surface area contributed by atoms with E-state index in [1.54, 1.807) is 0 Å². The fourth-order valence-corrected chi connectivity index (χ4v) is 3.03. The Balaban J connectivity index is 2.43. The molecule has 35 heavy (non-hydrogen) atoms. The van der Waals surface area contributed by atoms with Crippen LogP contribution in [0.2, 0.25) is 0 Å². The highest BCUT2D eigenvalue weighted by atomic mass is 32.1. The Morgan fingerprint density at radius 1 is 0.714 bits per heavy atom. The molecule has 0 aromatic carbocycles. The Morgan fingerprint density at radius 3 is 1.71 bits per heavy atom. The minimum absolute atomic E-state index is 0.208. The first-order chi connectivity index (χ1) is 15.4. The first-order valence-electron chi connectivity index (χ1n) is 8.40. The lowest BCUT2D eigenvalue weighted by atomic mass is 9.97. The molecule has 0 radical (unpaired) electrons. The summed E-state index contributed by atoms with van der Waals surface area (Å²) in [6.07, 6.45) is -19.1. The van der Waals surface area contributed by atoms with Crippen LogP contribution < -0.4 is 4.74 Å². The van der Waals surface area contributed by atoms with Crippen molar-refractivity contribution in [3.8, 4) is 5.88 Å². The van der Waals surface area contributed by atoms with Crippen LogP contribution >= 0.6 is 11.7 Å². The Kier molecular flexibility index (Phi) is 7.09. The van der Waals surface area contributed by atoms with Gasteiger partial charge in [0.05, 0.1) is 11.7 Å². The molecule has 0 N–H and O–H groups in total. The summed E-state index contributed by atoms with van der Waals surface area (Å²) in [5.74, 6) is -33.8. The van der Waals surface area contributed by atoms with Crippen LogP contribution in [-0.2, 0) is 0 Å². The topological polar surface area (TPSA) is 38.2 Å². The summed E-state index contributed by atoms with van der Waals surface area (Å²) >= 11 is -0.208. The van der Waals surface area contributed by atoms with Gasteiger partial charge in [0.1, 0.15) is 5.69 Å². The summed E-state index contributed by atoms with van der Waals surface area (Å²) in [7, 11) is 0. The van der Waals surface area contributed by atoms with Gasteiger partial charge in [-0.1, -0.05) is 6.08 Å². The third kappa shape index (κ3) is 4.71. The summed E-state index contributed by atoms with van der Waals surface area (Å²) in [5, 5.41) is 0. The van der Waals surface area contributed by atoms with Gasteiger partial charge in [-0.25, -0.2) is 4.90 Å². The molecule has 2 rings (SSSR count). The second-order valence-electron chi connectivity index (χ2n) is 6.74. The van der Waals surface area contributed by atoms with E-state index in [1.807, 2.05) is 0 Å². The molecule has 0 saturated carbocycles. The maximum Gasteiger partial charge on any atom is 0.472 e. The molecule has 0 atom stereocenters. The van der Waals surface area contributed by atoms with Gasteiger partial charge in [0.25, 0.3) is 5.88 Å². The van der Waals surface area contributed by atoms with Crippen molar-refractivity contribution in [2.75, 3.05) is 13.1 Å². The van der Waals surface area contributed by atoms with Gasteiger partial charge in [-0.05, 0) is 12.0 Å². The van der Waals surface area contributed by atoms with E-state index in [-0.39, 0.29) is 16.6 Å². The first kappa shape index (κ1) is 29.2. The standard InChI is InChI=1S/C14H7F16N3OS/c15-8(16,10(19,20)12(23,24)25)9(17,18)11(21,22)13(26,27)34-7-6(31-35-32-7)5-2-1-3-33(4-5)14(28,29)30/h2H,1,3-4H2. The highest BCUT2D eigenvalue weighted by molar-refractivity contribution is 6.99. The van der Waals surface area contributed by atoms with Crippen molar-refractivity contribution >= 4 is 17.3 Å². The van der Waals surface area contributed by atoms with Gasteiger partial charge in [-0.3, -0.25) is 0 Å². The Hall–Kier alpha value is -2.06. The van der Waals surface area contributed by atoms with Gasteiger partial charge in [-0.15, -0.1) is 4.37 Å². The van der Waals surface area contributed by atoms with Gasteiger partial charge in [0.15, 0.2) is 0 Å². The molecule has 1 aromatic heterocycles. The van der Waals surface area contributed by atoms with Gasteiger partial charge < -0.3 is 4.74 Å². The van der Waals surface area contributed by atoms with E-state index in [4.69, 9.17) is 0 Å². The molecule has 1 aliphatic rings. The number of hydrogen-bond donors (Lipinski definition) is 0. The molecule has 1 aliphatic heterocycles. The minimum atomic E-state index is -8.13. The van der Waals surface area contributed by atoms with Crippen LogP contribution in [0, 0.1) is 0 Å². The van der Waals surface area contributed by atoms with Crippen LogP contribution in [0.1, 0.15) is 12.1 Å². The van der Waals surface area contributed by atoms with Gasteiger partial charge in [0.2, 0.25) is 0 Å². The van der Waals surface area contributed by atoms with Crippen molar-refractivity contribution in [2.45, 2.75) is 48.7 Å². The highest BCUT2D eigenvalue weighted by Crippen LogP contribution is 2.60. The number of nitrogens with zero attached hydrogens (tertiary/aromatic N) is 3. The van der Waals surface area contributed by atoms with Crippen LogP contribution in [0.15, 0.2) is 6.08 Å². The zero-order valence-corrected chi connectivity index (χ0v) is 16.7. The average Bonchev–Trinajstić information content (AvgIpc) is 3.13. The lowest BCUT2D eigenvalue weighted by molar-refractivity contribution is -0.456. The van der Waals surface area contributed by atoms with E-state index < -0.39 is 78.9 Å². The zero-order chi connectivity index (χ0) is 27.5. The molecule has 0 saturated heterocycles. The molecule has 0 amide bonds. The van der Waals surface area contributed by atoms with Crippen LogP contribution in [0.5, 0.6) is 5.88 Å². The second kappa shape index (κ2) is 8.51. The lowest BCUT2D eigenvalue weighted by Gasteiger charge is -2.39. The van der Waals surface area contributed by atoms with Crippen molar-refractivity contribution in [3.05, 3.63) is 11.8 Å². The number of ether oxygens (including phenoxy) is 1. The van der Waals surface area contributed by atoms with E-state index in [0.717, 1.165) is 6.08 Å². The SMILES string of the molecule is FC(F)(F)N1CCC=C(c2nsnc2OC(F)(F)C(F)(F)C(F)(F)C(F)(F)C(F)(F)C(F)(F)F)C1. The molecule has 0 spiro atoms. The molecule has 0 unspecified atom stereocenters. The number of halogens is 16. The van der Waals surface area contributed by atoms with E-state index in [9.17, 15) is 70.2 Å². The largest absolute Gasteiger partial charge is 0.472 e. The quantitative estimate of drug-likeness (QED) is 0.289. The molecule has 1 aromatic rings. The number of aromatic nitrogens is 2. The first-order valence-corrected chi connectivity index (χ1v) is 9.13. The Bertz CT molecular complexity index is 950. The summed E-state index contributed by atoms with van der Waals surface area (Å²) in [5.41, 5.74) is -1.83. The average molecular weight is 569 g/mol. The maximum atomic E-state index is 13.9. The maximum absolute atomic E-state index is 13.9. The van der Waals surface area contributed by atoms with Crippen LogP contribution in [0.4, 0.5) is 70.2 Å². The molecule has 0 fully saturated rings. The normalized spacial score (nSPS) is 18.0. The molecule has 202 valence electrons. The molecular formula is C14H7F16N3OS. The molecule has 21 heteroatoms. The monoisotopic (exact) mass is 569 g/mol. The summed E-state index contributed by atoms with van der Waals surface area (Å²) in [4.78, 5) is -0.230. The summed E-state index contributed by atoms with van der Waals surface area (Å²) < 4.78 is 219. The Morgan fingerprint density at radius 2 is 1.23 bits per heavy atom. The van der Waals surface area contributed by atoms with Crippen LogP contribution in [0.3, 0.4) is 0 Å². The minimum Gasteiger partial charge on any atom is -0.407 e. The van der Waals surface area contributed by atoms with Gasteiger partial charge in [-0.2, -0.15) is 74.6 Å². The third-order valence-corrected chi connectivity index (χ3v) is 4.91. The van der Waals surface area contributed by atoms with Gasteiger partial charge >= 0.3 is 42.3 Å². The predicted octanol–water partition coefficient (Wildman–Crippen LogP) is 6.22. The Labute approximate surface area is 186 Å². The molecule has 0 bridgehead atoms. The zero-order valence-electron chi connectivity index (χ0n) is 15.9. The molecule has 2 heterocycles. The van der Waals surface area contributed by atoms with Gasteiger partial charge in [0, 0.05) is 13.1 Å². The highest BCUT2D eigenvalue weighted by Gasteiger charge is 2.91. The second-order valence-corrected chi connectivity index (χ2v) is 7.27. The lowest BCUT2D eigenvalue weighted by Crippen LogP contribution is -2.70. The van der Waals surface area contributed by atoms with E-state index in [0.29, 0.717) is 0 Å². The van der Waals surface area contributed by atoms with E-state index in [1.165, 1.54) is 0 Å². The van der Waals surface area contributed by atoms with Crippen molar-refractivity contribution in [2.24, 2.45) is 0 Å². The van der Waals surface area contributed by atoms with Crippen molar-refractivity contribution in [3.63, 3.8) is 0 Å². The van der Waals surface area contributed by atoms with Crippen molar-refractivity contribution < 1.29 is 75.0 Å². The van der Waals surface area contributed by atoms with Crippen LogP contribution in [-0.4, -0.2) is 69.0 Å². The molecule has 0 aliphatic carbocycles. The predicted molar refractivity (Wildman–Crippen MR) is 81.5 cm³/mol. The molecule has 4 nitrogen and oxygen atoms in total. The van der Waals surface area contributed by atoms with Crippen molar-refractivity contribution in [1.82, 2.24) is 13.6 Å². The number of alkyl halides is 16. The van der Waals surface area contributed by atoms with Crippen molar-refractivity contribution in [1.29, 1.82) is 0 Å². The van der Waals surface area contributed by atoms with E-state index in [2.05, 4.69) is 13.5 Å². The van der Waals surface area contributed by atoms with Crippen LogP contribution in [0.25, 0.3) is 5.57 Å². The fourth-order valence-electron chi connectivity index (χ4n) is 2.52. The molecular weight excluding hydrogens is 562 g/mol. The number of rotatable bonds is 7. The number of hydrogen-bond acceptors (Lipinski definition) is 5. The third-order valence-electron chi connectivity index (χ3n) is 4.40. The van der Waals surface area contributed by atoms with E-state index >= 15 is 0 Å².